The fraction of sp³-hybridized carbons (Fsp3) is 0.214. The molecule has 1 aromatic rings. The number of rotatable bonds is 4. The summed E-state index contributed by atoms with van der Waals surface area (Å²) in [4.78, 5) is 10.3. The van der Waals surface area contributed by atoms with Gasteiger partial charge in [0, 0.05) is 11.5 Å². The van der Waals surface area contributed by atoms with Gasteiger partial charge >= 0.3 is 5.97 Å². The molecule has 0 atom stereocenters. The summed E-state index contributed by atoms with van der Waals surface area (Å²) in [5, 5.41) is 17.8. The first-order chi connectivity index (χ1) is 7.92. The molecular formula is C14H16O3. The second kappa shape index (κ2) is 5.34. The largest absolute Gasteiger partial charge is 0.508 e. The molecule has 3 heteroatoms. The Kier molecular flexibility index (Phi) is 4.10. The zero-order valence-electron chi connectivity index (χ0n) is 9.92. The number of carbonyl (C=O) groups is 1. The molecule has 0 saturated carbocycles. The van der Waals surface area contributed by atoms with E-state index >= 15 is 0 Å². The van der Waals surface area contributed by atoms with E-state index in [0.29, 0.717) is 0 Å². The van der Waals surface area contributed by atoms with Gasteiger partial charge in [-0.15, -0.1) is 0 Å². The fourth-order valence-corrected chi connectivity index (χ4v) is 1.44. The lowest BCUT2D eigenvalue weighted by Crippen LogP contribution is -2.12. The van der Waals surface area contributed by atoms with E-state index in [0.717, 1.165) is 11.6 Å². The number of phenolic OH excluding ortho intramolecular Hbond substituents is 1. The summed E-state index contributed by atoms with van der Waals surface area (Å²) < 4.78 is 0. The number of aliphatic carboxylic acids is 1. The minimum atomic E-state index is -0.968. The number of hydrogen-bond acceptors (Lipinski definition) is 2. The van der Waals surface area contributed by atoms with Gasteiger partial charge < -0.3 is 10.2 Å². The summed E-state index contributed by atoms with van der Waals surface area (Å²) in [6, 6.07) is 7.02. The van der Waals surface area contributed by atoms with Crippen molar-refractivity contribution in [3.8, 4) is 5.75 Å². The van der Waals surface area contributed by atoms with Crippen molar-refractivity contribution in [2.24, 2.45) is 0 Å². The van der Waals surface area contributed by atoms with Crippen LogP contribution in [0.1, 0.15) is 19.4 Å². The van der Waals surface area contributed by atoms with E-state index in [-0.39, 0.29) is 11.2 Å². The molecule has 0 fully saturated rings. The van der Waals surface area contributed by atoms with E-state index in [1.807, 2.05) is 26.0 Å². The number of carboxylic acids is 1. The molecule has 0 aliphatic heterocycles. The molecule has 1 aromatic carbocycles. The van der Waals surface area contributed by atoms with E-state index < -0.39 is 5.97 Å². The number of benzene rings is 1. The lowest BCUT2D eigenvalue weighted by Gasteiger charge is -2.20. The lowest BCUT2D eigenvalue weighted by molar-refractivity contribution is -0.131. The van der Waals surface area contributed by atoms with Crippen molar-refractivity contribution in [1.82, 2.24) is 0 Å². The Hall–Kier alpha value is -2.03. The van der Waals surface area contributed by atoms with Gasteiger partial charge in [0.25, 0.3) is 0 Å². The highest BCUT2D eigenvalue weighted by molar-refractivity contribution is 5.80. The van der Waals surface area contributed by atoms with Crippen LogP contribution in [-0.2, 0) is 10.2 Å². The molecule has 0 heterocycles. The molecule has 0 aromatic heterocycles. The number of phenols is 1. The number of aromatic hydroxyl groups is 1. The van der Waals surface area contributed by atoms with Gasteiger partial charge in [0.2, 0.25) is 0 Å². The van der Waals surface area contributed by atoms with Crippen LogP contribution < -0.4 is 0 Å². The first-order valence-electron chi connectivity index (χ1n) is 5.30. The standard InChI is InChI=1S/C14H16O3/c1-14(2,9-4-3-8-13(16)17)11-6-5-7-12(15)10-11/h3-10,15H,1-2H3,(H,16,17). The molecule has 0 spiro atoms. The number of hydrogen-bond donors (Lipinski definition) is 2. The van der Waals surface area contributed by atoms with Gasteiger partial charge in [0.05, 0.1) is 0 Å². The van der Waals surface area contributed by atoms with Crippen LogP contribution >= 0.6 is 0 Å². The molecule has 0 aliphatic rings. The molecule has 3 nitrogen and oxygen atoms in total. The van der Waals surface area contributed by atoms with Crippen LogP contribution in [0, 0.1) is 0 Å². The zero-order valence-corrected chi connectivity index (χ0v) is 9.92. The Balaban J connectivity index is 2.84. The third kappa shape index (κ3) is 4.15. The van der Waals surface area contributed by atoms with E-state index in [1.54, 1.807) is 24.3 Å². The molecule has 1 rings (SSSR count). The third-order valence-corrected chi connectivity index (χ3v) is 2.45. The Morgan fingerprint density at radius 2 is 2.00 bits per heavy atom. The monoisotopic (exact) mass is 232 g/mol. The average Bonchev–Trinajstić information content (AvgIpc) is 2.24. The summed E-state index contributed by atoms with van der Waals surface area (Å²) in [5.41, 5.74) is 0.708. The Labute approximate surface area is 101 Å². The quantitative estimate of drug-likeness (QED) is 0.620. The Bertz CT molecular complexity index is 456. The van der Waals surface area contributed by atoms with Crippen LogP contribution in [0.25, 0.3) is 0 Å². The van der Waals surface area contributed by atoms with Crippen LogP contribution in [-0.4, -0.2) is 16.2 Å². The maximum atomic E-state index is 10.3. The molecular weight excluding hydrogens is 216 g/mol. The molecule has 0 radical (unpaired) electrons. The minimum absolute atomic E-state index is 0.227. The van der Waals surface area contributed by atoms with Gasteiger partial charge in [-0.05, 0) is 17.7 Å². The second-order valence-electron chi connectivity index (χ2n) is 4.33. The first kappa shape index (κ1) is 13.0. The van der Waals surface area contributed by atoms with Crippen LogP contribution in [0.5, 0.6) is 5.75 Å². The maximum absolute atomic E-state index is 10.3. The summed E-state index contributed by atoms with van der Waals surface area (Å²) in [6.07, 6.45) is 6.14. The van der Waals surface area contributed by atoms with Crippen molar-refractivity contribution in [1.29, 1.82) is 0 Å². The highest BCUT2D eigenvalue weighted by Gasteiger charge is 2.16. The molecule has 0 saturated heterocycles. The van der Waals surface area contributed by atoms with Crippen LogP contribution in [0.4, 0.5) is 0 Å². The second-order valence-corrected chi connectivity index (χ2v) is 4.33. The van der Waals surface area contributed by atoms with E-state index in [9.17, 15) is 9.90 Å². The Morgan fingerprint density at radius 1 is 1.29 bits per heavy atom. The summed E-state index contributed by atoms with van der Waals surface area (Å²) in [5.74, 6) is -0.741. The molecule has 2 N–H and O–H groups in total. The van der Waals surface area contributed by atoms with E-state index in [1.165, 1.54) is 6.08 Å². The van der Waals surface area contributed by atoms with Crippen molar-refractivity contribution in [2.45, 2.75) is 19.3 Å². The average molecular weight is 232 g/mol. The Morgan fingerprint density at radius 3 is 2.59 bits per heavy atom. The molecule has 90 valence electrons. The van der Waals surface area contributed by atoms with Crippen molar-refractivity contribution in [3.05, 3.63) is 54.1 Å². The normalized spacial score (nSPS) is 12.4. The molecule has 0 amide bonds. The fourth-order valence-electron chi connectivity index (χ4n) is 1.44. The molecule has 0 bridgehead atoms. The van der Waals surface area contributed by atoms with Gasteiger partial charge in [0.15, 0.2) is 0 Å². The van der Waals surface area contributed by atoms with Crippen molar-refractivity contribution in [3.63, 3.8) is 0 Å². The van der Waals surface area contributed by atoms with Gasteiger partial charge in [0.1, 0.15) is 5.75 Å². The molecule has 17 heavy (non-hydrogen) atoms. The summed E-state index contributed by atoms with van der Waals surface area (Å²) >= 11 is 0. The van der Waals surface area contributed by atoms with Gasteiger partial charge in [-0.3, -0.25) is 0 Å². The van der Waals surface area contributed by atoms with Crippen LogP contribution in [0.3, 0.4) is 0 Å². The number of carboxylic acid groups (broad SMARTS) is 1. The van der Waals surface area contributed by atoms with E-state index in [2.05, 4.69) is 0 Å². The molecule has 0 unspecified atom stereocenters. The maximum Gasteiger partial charge on any atom is 0.328 e. The first-order valence-corrected chi connectivity index (χ1v) is 5.30. The van der Waals surface area contributed by atoms with Crippen molar-refractivity contribution >= 4 is 5.97 Å². The smallest absolute Gasteiger partial charge is 0.328 e. The topological polar surface area (TPSA) is 57.5 Å². The lowest BCUT2D eigenvalue weighted by atomic mass is 9.84. The van der Waals surface area contributed by atoms with Crippen molar-refractivity contribution < 1.29 is 15.0 Å². The predicted molar refractivity (Wildman–Crippen MR) is 67.0 cm³/mol. The minimum Gasteiger partial charge on any atom is -0.508 e. The van der Waals surface area contributed by atoms with Crippen molar-refractivity contribution in [2.75, 3.05) is 0 Å². The number of allylic oxidation sites excluding steroid dienone is 3. The predicted octanol–water partition coefficient (Wildman–Crippen LogP) is 2.87. The van der Waals surface area contributed by atoms with Gasteiger partial charge in [-0.25, -0.2) is 4.79 Å². The summed E-state index contributed by atoms with van der Waals surface area (Å²) in [6.45, 7) is 3.99. The third-order valence-electron chi connectivity index (χ3n) is 2.45. The zero-order chi connectivity index (χ0) is 12.9. The van der Waals surface area contributed by atoms with Gasteiger partial charge in [-0.1, -0.05) is 44.2 Å². The highest BCUT2D eigenvalue weighted by atomic mass is 16.4. The highest BCUT2D eigenvalue weighted by Crippen LogP contribution is 2.27. The van der Waals surface area contributed by atoms with E-state index in [4.69, 9.17) is 5.11 Å². The van der Waals surface area contributed by atoms with Crippen LogP contribution in [0.15, 0.2) is 48.6 Å². The SMILES string of the molecule is CC(C)(C=CC=CC(=O)O)c1cccc(O)c1. The van der Waals surface area contributed by atoms with Crippen LogP contribution in [0.2, 0.25) is 0 Å². The molecule has 0 aliphatic carbocycles. The van der Waals surface area contributed by atoms with Gasteiger partial charge in [-0.2, -0.15) is 0 Å². The summed E-state index contributed by atoms with van der Waals surface area (Å²) in [7, 11) is 0.